The first-order chi connectivity index (χ1) is 9.56. The van der Waals surface area contributed by atoms with E-state index < -0.39 is 23.6 Å². The smallest absolute Gasteiger partial charge is 0.338 e. The molecule has 0 unspecified atom stereocenters. The fraction of sp³-hybridized carbons (Fsp3) is 0. The van der Waals surface area contributed by atoms with E-state index >= 15 is 0 Å². The van der Waals surface area contributed by atoms with Gasteiger partial charge in [0.2, 0.25) is 0 Å². The van der Waals surface area contributed by atoms with Crippen LogP contribution in [0.3, 0.4) is 0 Å². The quantitative estimate of drug-likeness (QED) is 0.736. The van der Waals surface area contributed by atoms with Gasteiger partial charge in [-0.05, 0) is 24.3 Å². The summed E-state index contributed by atoms with van der Waals surface area (Å²) in [5, 5.41) is 2.10. The first-order valence-corrected chi connectivity index (χ1v) is 5.42. The number of hydrogen-bond acceptors (Lipinski definition) is 3. The summed E-state index contributed by atoms with van der Waals surface area (Å²) in [4.78, 5) is 22.8. The molecule has 8 heteroatoms. The monoisotopic (exact) mass is 281 g/mol. The van der Waals surface area contributed by atoms with Gasteiger partial charge in [0, 0.05) is 6.07 Å². The molecule has 0 aliphatic rings. The fourth-order valence-corrected chi connectivity index (χ4v) is 1.33. The SMILES string of the molecule is O=C(NNC(=O)c1ccco1)Nc1ccc(F)cc1F. The van der Waals surface area contributed by atoms with Crippen LogP contribution < -0.4 is 16.2 Å². The Morgan fingerprint density at radius 2 is 1.90 bits per heavy atom. The number of anilines is 1. The topological polar surface area (TPSA) is 83.4 Å². The third kappa shape index (κ3) is 3.31. The second kappa shape index (κ2) is 5.83. The molecule has 0 saturated heterocycles. The van der Waals surface area contributed by atoms with Gasteiger partial charge in [0.25, 0.3) is 0 Å². The molecule has 0 bridgehead atoms. The minimum Gasteiger partial charge on any atom is -0.459 e. The van der Waals surface area contributed by atoms with Crippen LogP contribution in [0.25, 0.3) is 0 Å². The Morgan fingerprint density at radius 3 is 2.55 bits per heavy atom. The van der Waals surface area contributed by atoms with Crippen molar-refractivity contribution in [1.82, 2.24) is 10.9 Å². The zero-order chi connectivity index (χ0) is 14.5. The first kappa shape index (κ1) is 13.5. The molecular formula is C12H9F2N3O3. The minimum atomic E-state index is -0.933. The third-order valence-corrected chi connectivity index (χ3v) is 2.21. The molecule has 0 aliphatic carbocycles. The predicted molar refractivity (Wildman–Crippen MR) is 64.7 cm³/mol. The molecule has 104 valence electrons. The number of carbonyl (C=O) groups is 2. The Kier molecular flexibility index (Phi) is 3.94. The van der Waals surface area contributed by atoms with E-state index in [-0.39, 0.29) is 11.4 Å². The van der Waals surface area contributed by atoms with E-state index in [4.69, 9.17) is 4.42 Å². The van der Waals surface area contributed by atoms with Crippen LogP contribution in [0.1, 0.15) is 10.6 Å². The summed E-state index contributed by atoms with van der Waals surface area (Å²) < 4.78 is 30.7. The Labute approximate surface area is 111 Å². The fourth-order valence-electron chi connectivity index (χ4n) is 1.33. The molecular weight excluding hydrogens is 272 g/mol. The van der Waals surface area contributed by atoms with Gasteiger partial charge in [-0.25, -0.2) is 19.0 Å². The van der Waals surface area contributed by atoms with Crippen LogP contribution in [0, 0.1) is 11.6 Å². The van der Waals surface area contributed by atoms with Crippen molar-refractivity contribution in [1.29, 1.82) is 0 Å². The standard InChI is InChI=1S/C12H9F2N3O3/c13-7-3-4-9(8(14)6-7)15-12(19)17-16-11(18)10-2-1-5-20-10/h1-6H,(H,16,18)(H2,15,17,19). The highest BCUT2D eigenvalue weighted by atomic mass is 19.1. The van der Waals surface area contributed by atoms with Gasteiger partial charge >= 0.3 is 11.9 Å². The summed E-state index contributed by atoms with van der Waals surface area (Å²) in [6, 6.07) is 4.67. The van der Waals surface area contributed by atoms with Gasteiger partial charge in [0.15, 0.2) is 5.76 Å². The highest BCUT2D eigenvalue weighted by Gasteiger charge is 2.11. The molecule has 1 heterocycles. The Morgan fingerprint density at radius 1 is 1.10 bits per heavy atom. The van der Waals surface area contributed by atoms with Gasteiger partial charge in [-0.3, -0.25) is 10.2 Å². The van der Waals surface area contributed by atoms with Crippen LogP contribution in [0.2, 0.25) is 0 Å². The molecule has 2 rings (SSSR count). The number of carbonyl (C=O) groups excluding carboxylic acids is 2. The van der Waals surface area contributed by atoms with Crippen LogP contribution in [-0.2, 0) is 0 Å². The van der Waals surface area contributed by atoms with E-state index in [2.05, 4.69) is 5.32 Å². The Balaban J connectivity index is 1.88. The number of halogens is 2. The number of nitrogens with one attached hydrogen (secondary N) is 3. The summed E-state index contributed by atoms with van der Waals surface area (Å²) >= 11 is 0. The molecule has 1 aromatic carbocycles. The van der Waals surface area contributed by atoms with Gasteiger partial charge < -0.3 is 9.73 Å². The molecule has 0 spiro atoms. The average Bonchev–Trinajstić information content (AvgIpc) is 2.93. The van der Waals surface area contributed by atoms with Crippen LogP contribution >= 0.6 is 0 Å². The third-order valence-electron chi connectivity index (χ3n) is 2.21. The van der Waals surface area contributed by atoms with Crippen molar-refractivity contribution in [2.24, 2.45) is 0 Å². The van der Waals surface area contributed by atoms with E-state index in [9.17, 15) is 18.4 Å². The van der Waals surface area contributed by atoms with Gasteiger partial charge in [-0.1, -0.05) is 0 Å². The van der Waals surface area contributed by atoms with Crippen molar-refractivity contribution in [3.63, 3.8) is 0 Å². The number of rotatable bonds is 2. The molecule has 0 radical (unpaired) electrons. The molecule has 0 aliphatic heterocycles. The van der Waals surface area contributed by atoms with Crippen LogP contribution in [0.5, 0.6) is 0 Å². The Bertz CT molecular complexity index is 629. The summed E-state index contributed by atoms with van der Waals surface area (Å²) in [5.41, 5.74) is 3.81. The van der Waals surface area contributed by atoms with Gasteiger partial charge in [0.1, 0.15) is 11.6 Å². The molecule has 20 heavy (non-hydrogen) atoms. The predicted octanol–water partition coefficient (Wildman–Crippen LogP) is 2.02. The van der Waals surface area contributed by atoms with Crippen molar-refractivity contribution in [3.8, 4) is 0 Å². The number of furan rings is 1. The highest BCUT2D eigenvalue weighted by Crippen LogP contribution is 2.14. The molecule has 3 N–H and O–H groups in total. The van der Waals surface area contributed by atoms with Crippen LogP contribution in [0.4, 0.5) is 19.3 Å². The number of hydrogen-bond donors (Lipinski definition) is 3. The second-order valence-electron chi connectivity index (χ2n) is 3.63. The van der Waals surface area contributed by atoms with Crippen molar-refractivity contribution >= 4 is 17.6 Å². The van der Waals surface area contributed by atoms with Crippen LogP contribution in [-0.4, -0.2) is 11.9 Å². The van der Waals surface area contributed by atoms with Crippen molar-refractivity contribution in [2.75, 3.05) is 5.32 Å². The normalized spacial score (nSPS) is 9.90. The molecule has 1 aromatic heterocycles. The number of urea groups is 1. The number of amides is 3. The van der Waals surface area contributed by atoms with E-state index in [1.165, 1.54) is 18.4 Å². The molecule has 0 fully saturated rings. The zero-order valence-corrected chi connectivity index (χ0v) is 9.94. The van der Waals surface area contributed by atoms with E-state index in [0.717, 1.165) is 12.1 Å². The summed E-state index contributed by atoms with van der Waals surface area (Å²) in [6.45, 7) is 0. The van der Waals surface area contributed by atoms with Crippen molar-refractivity contribution in [2.45, 2.75) is 0 Å². The van der Waals surface area contributed by atoms with Crippen LogP contribution in [0.15, 0.2) is 41.0 Å². The highest BCUT2D eigenvalue weighted by molar-refractivity contribution is 5.95. The Hall–Kier alpha value is -2.90. The lowest BCUT2D eigenvalue weighted by Crippen LogP contribution is -2.43. The lowest BCUT2D eigenvalue weighted by molar-refractivity contribution is 0.0910. The summed E-state index contributed by atoms with van der Waals surface area (Å²) in [7, 11) is 0. The maximum atomic E-state index is 13.2. The lowest BCUT2D eigenvalue weighted by Gasteiger charge is -2.08. The minimum absolute atomic E-state index is 0.00161. The van der Waals surface area contributed by atoms with E-state index in [1.54, 1.807) is 0 Å². The van der Waals surface area contributed by atoms with Gasteiger partial charge in [0.05, 0.1) is 12.0 Å². The largest absolute Gasteiger partial charge is 0.459 e. The second-order valence-corrected chi connectivity index (χ2v) is 3.63. The zero-order valence-electron chi connectivity index (χ0n) is 9.94. The van der Waals surface area contributed by atoms with Crippen molar-refractivity contribution in [3.05, 3.63) is 54.0 Å². The first-order valence-electron chi connectivity index (χ1n) is 5.42. The van der Waals surface area contributed by atoms with Gasteiger partial charge in [-0.2, -0.15) is 0 Å². The summed E-state index contributed by atoms with van der Waals surface area (Å²) in [5.74, 6) is -2.37. The summed E-state index contributed by atoms with van der Waals surface area (Å²) in [6.07, 6.45) is 1.29. The van der Waals surface area contributed by atoms with E-state index in [0.29, 0.717) is 6.07 Å². The maximum absolute atomic E-state index is 13.2. The van der Waals surface area contributed by atoms with E-state index in [1.807, 2.05) is 10.9 Å². The van der Waals surface area contributed by atoms with Gasteiger partial charge in [-0.15, -0.1) is 0 Å². The molecule has 6 nitrogen and oxygen atoms in total. The van der Waals surface area contributed by atoms with Crippen molar-refractivity contribution < 1.29 is 22.8 Å². The molecule has 0 atom stereocenters. The lowest BCUT2D eigenvalue weighted by atomic mass is 10.3. The molecule has 3 amide bonds. The maximum Gasteiger partial charge on any atom is 0.338 e. The number of benzene rings is 1. The molecule has 2 aromatic rings. The number of hydrazine groups is 1. The average molecular weight is 281 g/mol. The molecule has 0 saturated carbocycles.